The molecule has 2 heterocycles. The summed E-state index contributed by atoms with van der Waals surface area (Å²) in [5, 5.41) is 36.5. The normalized spacial score (nSPS) is 13.9. The van der Waals surface area contributed by atoms with Crippen LogP contribution in [0.15, 0.2) is 78.9 Å². The molecule has 0 bridgehead atoms. The average molecular weight is 519 g/mol. The molecule has 0 amide bonds. The van der Waals surface area contributed by atoms with Crippen LogP contribution >= 0.6 is 0 Å². The molecule has 0 saturated carbocycles. The first-order valence-corrected chi connectivity index (χ1v) is 12.0. The second-order valence-corrected chi connectivity index (χ2v) is 9.14. The predicted molar refractivity (Wildman–Crippen MR) is 148 cm³/mol. The molecule has 3 aromatic carbocycles. The first-order chi connectivity index (χ1) is 18.8. The summed E-state index contributed by atoms with van der Waals surface area (Å²) in [7, 11) is 1.92. The maximum absolute atomic E-state index is 11.6. The first-order valence-electron chi connectivity index (χ1n) is 12.0. The largest absolute Gasteiger partial charge is 0.339 e. The number of nitro groups is 2. The highest BCUT2D eigenvalue weighted by molar-refractivity contribution is 5.90. The number of nitriles is 1. The lowest BCUT2D eigenvalue weighted by Crippen LogP contribution is -2.28. The standard InChI is InChI=1S/C29H22N6O4/c1-33-17-21(13-19-7-5-11-23(14-19)34(36)37)28-26(18-33)27(20-8-6-12-24(15-20)35(38)39)25(16-30)29(32-28)31-22-9-3-2-4-10-22/h2-15H,17-18H2,1H3,(H,31,32)/b21-13+. The molecular formula is C29H22N6O4. The molecule has 0 fully saturated rings. The van der Waals surface area contributed by atoms with Crippen molar-refractivity contribution in [2.45, 2.75) is 6.54 Å². The van der Waals surface area contributed by atoms with Gasteiger partial charge >= 0.3 is 0 Å². The number of anilines is 2. The summed E-state index contributed by atoms with van der Waals surface area (Å²) in [5.74, 6) is 0.318. The fraction of sp³-hybridized carbons (Fsp3) is 0.103. The van der Waals surface area contributed by atoms with Gasteiger partial charge in [0.25, 0.3) is 11.4 Å². The zero-order valence-electron chi connectivity index (χ0n) is 20.9. The van der Waals surface area contributed by atoms with Crippen LogP contribution in [-0.2, 0) is 6.54 Å². The van der Waals surface area contributed by atoms with E-state index in [2.05, 4.69) is 11.4 Å². The summed E-state index contributed by atoms with van der Waals surface area (Å²) in [4.78, 5) is 28.9. The van der Waals surface area contributed by atoms with Gasteiger partial charge in [0.1, 0.15) is 17.5 Å². The minimum Gasteiger partial charge on any atom is -0.339 e. The number of para-hydroxylation sites is 1. The molecule has 1 aliphatic heterocycles. The number of aromatic nitrogens is 1. The first kappa shape index (κ1) is 25.3. The summed E-state index contributed by atoms with van der Waals surface area (Å²) in [6, 6.07) is 24.1. The lowest BCUT2D eigenvalue weighted by atomic mass is 9.88. The Morgan fingerprint density at radius 3 is 2.33 bits per heavy atom. The van der Waals surface area contributed by atoms with Gasteiger partial charge in [-0.3, -0.25) is 25.1 Å². The Kier molecular flexibility index (Phi) is 6.82. The van der Waals surface area contributed by atoms with E-state index in [1.807, 2.05) is 48.4 Å². The van der Waals surface area contributed by atoms with Crippen LogP contribution < -0.4 is 5.32 Å². The smallest absolute Gasteiger partial charge is 0.270 e. The van der Waals surface area contributed by atoms with E-state index in [1.165, 1.54) is 24.3 Å². The van der Waals surface area contributed by atoms with Crippen LogP contribution in [0.5, 0.6) is 0 Å². The van der Waals surface area contributed by atoms with Crippen molar-refractivity contribution >= 4 is 34.5 Å². The monoisotopic (exact) mass is 518 g/mol. The van der Waals surface area contributed by atoms with Crippen LogP contribution in [0.2, 0.25) is 0 Å². The van der Waals surface area contributed by atoms with Crippen molar-refractivity contribution < 1.29 is 9.85 Å². The van der Waals surface area contributed by atoms with Gasteiger partial charge in [-0.25, -0.2) is 4.98 Å². The van der Waals surface area contributed by atoms with Crippen LogP contribution in [-0.4, -0.2) is 33.3 Å². The van der Waals surface area contributed by atoms with Crippen LogP contribution in [0.3, 0.4) is 0 Å². The number of rotatable bonds is 6. The molecule has 0 atom stereocenters. The molecule has 1 N–H and O–H groups in total. The summed E-state index contributed by atoms with van der Waals surface area (Å²) in [6.07, 6.45) is 1.85. The molecule has 0 saturated heterocycles. The number of hydrogen-bond acceptors (Lipinski definition) is 8. The predicted octanol–water partition coefficient (Wildman–Crippen LogP) is 6.17. The molecule has 0 radical (unpaired) electrons. The van der Waals surface area contributed by atoms with Gasteiger partial charge in [-0.1, -0.05) is 42.5 Å². The molecule has 0 aliphatic carbocycles. The minimum atomic E-state index is -0.466. The van der Waals surface area contributed by atoms with Gasteiger partial charge in [-0.2, -0.15) is 5.26 Å². The maximum Gasteiger partial charge on any atom is 0.270 e. The van der Waals surface area contributed by atoms with E-state index in [9.17, 15) is 25.5 Å². The van der Waals surface area contributed by atoms with E-state index in [0.29, 0.717) is 41.3 Å². The molecule has 39 heavy (non-hydrogen) atoms. The van der Waals surface area contributed by atoms with E-state index in [4.69, 9.17) is 4.98 Å². The van der Waals surface area contributed by atoms with Gasteiger partial charge < -0.3 is 5.32 Å². The summed E-state index contributed by atoms with van der Waals surface area (Å²) >= 11 is 0. The zero-order chi connectivity index (χ0) is 27.5. The van der Waals surface area contributed by atoms with E-state index in [0.717, 1.165) is 16.8 Å². The highest BCUT2D eigenvalue weighted by Gasteiger charge is 2.28. The molecule has 5 rings (SSSR count). The van der Waals surface area contributed by atoms with Gasteiger partial charge in [0, 0.05) is 54.2 Å². The van der Waals surface area contributed by atoms with Crippen LogP contribution in [0, 0.1) is 31.6 Å². The summed E-state index contributed by atoms with van der Waals surface area (Å²) in [5.41, 5.74) is 4.77. The van der Waals surface area contributed by atoms with Gasteiger partial charge in [0.15, 0.2) is 0 Å². The van der Waals surface area contributed by atoms with Crippen molar-refractivity contribution in [3.8, 4) is 17.2 Å². The lowest BCUT2D eigenvalue weighted by molar-refractivity contribution is -0.385. The molecule has 10 heteroatoms. The fourth-order valence-corrected chi connectivity index (χ4v) is 4.73. The molecule has 1 aromatic heterocycles. The number of fused-ring (bicyclic) bond motifs is 1. The van der Waals surface area contributed by atoms with Crippen molar-refractivity contribution in [1.82, 2.24) is 9.88 Å². The third-order valence-corrected chi connectivity index (χ3v) is 6.39. The summed E-state index contributed by atoms with van der Waals surface area (Å²) in [6.45, 7) is 0.959. The van der Waals surface area contributed by atoms with Gasteiger partial charge in [-0.15, -0.1) is 0 Å². The topological polar surface area (TPSA) is 138 Å². The highest BCUT2D eigenvalue weighted by atomic mass is 16.6. The Morgan fingerprint density at radius 2 is 1.64 bits per heavy atom. The van der Waals surface area contributed by atoms with Crippen molar-refractivity contribution in [3.63, 3.8) is 0 Å². The number of benzene rings is 3. The van der Waals surface area contributed by atoms with Gasteiger partial charge in [0.05, 0.1) is 15.5 Å². The van der Waals surface area contributed by atoms with E-state index >= 15 is 0 Å². The Labute approximate surface area is 223 Å². The maximum atomic E-state index is 11.6. The van der Waals surface area contributed by atoms with Crippen LogP contribution in [0.25, 0.3) is 22.8 Å². The Balaban J connectivity index is 1.78. The summed E-state index contributed by atoms with van der Waals surface area (Å²) < 4.78 is 0. The molecule has 1 aliphatic rings. The fourth-order valence-electron chi connectivity index (χ4n) is 4.73. The second kappa shape index (κ2) is 10.5. The van der Waals surface area contributed by atoms with Crippen molar-refractivity contribution in [2.24, 2.45) is 0 Å². The number of likely N-dealkylation sites (N-methyl/N-ethyl adjacent to an activating group) is 1. The minimum absolute atomic E-state index is 0.0229. The molecule has 0 spiro atoms. The number of pyridine rings is 1. The van der Waals surface area contributed by atoms with Gasteiger partial charge in [-0.05, 0) is 42.0 Å². The van der Waals surface area contributed by atoms with Crippen LogP contribution in [0.1, 0.15) is 22.4 Å². The third-order valence-electron chi connectivity index (χ3n) is 6.39. The number of nitro benzene ring substituents is 2. The second-order valence-electron chi connectivity index (χ2n) is 9.14. The van der Waals surface area contributed by atoms with Crippen LogP contribution in [0.4, 0.5) is 22.9 Å². The lowest BCUT2D eigenvalue weighted by Gasteiger charge is -2.30. The van der Waals surface area contributed by atoms with Crippen molar-refractivity contribution in [1.29, 1.82) is 5.26 Å². The number of hydrogen-bond donors (Lipinski definition) is 1. The molecule has 192 valence electrons. The Morgan fingerprint density at radius 1 is 0.949 bits per heavy atom. The third kappa shape index (κ3) is 5.20. The molecular weight excluding hydrogens is 496 g/mol. The average Bonchev–Trinajstić information content (AvgIpc) is 2.93. The van der Waals surface area contributed by atoms with Gasteiger partial charge in [0.2, 0.25) is 0 Å². The van der Waals surface area contributed by atoms with Crippen molar-refractivity contribution in [3.05, 3.63) is 121 Å². The Hall–Kier alpha value is -5.40. The quantitative estimate of drug-likeness (QED) is 0.236. The van der Waals surface area contributed by atoms with E-state index in [1.54, 1.807) is 24.3 Å². The molecule has 4 aromatic rings. The van der Waals surface area contributed by atoms with E-state index < -0.39 is 9.85 Å². The highest BCUT2D eigenvalue weighted by Crippen LogP contribution is 2.40. The van der Waals surface area contributed by atoms with Crippen molar-refractivity contribution in [2.75, 3.05) is 18.9 Å². The number of nitrogens with one attached hydrogen (secondary N) is 1. The molecule has 0 unspecified atom stereocenters. The number of non-ortho nitro benzene ring substituents is 2. The van der Waals surface area contributed by atoms with E-state index in [-0.39, 0.29) is 16.9 Å². The number of nitrogens with zero attached hydrogens (tertiary/aromatic N) is 5. The molecule has 10 nitrogen and oxygen atoms in total. The Bertz CT molecular complexity index is 1680. The SMILES string of the molecule is CN1C/C(=C\c2cccc([N+](=O)[O-])c2)c2nc(Nc3ccccc3)c(C#N)c(-c3cccc([N+](=O)[O-])c3)c2C1. The zero-order valence-corrected chi connectivity index (χ0v) is 20.9.